The summed E-state index contributed by atoms with van der Waals surface area (Å²) in [5.41, 5.74) is 1.46. The van der Waals surface area contributed by atoms with Crippen molar-refractivity contribution >= 4 is 16.7 Å². The van der Waals surface area contributed by atoms with E-state index in [2.05, 4.69) is 9.97 Å². The first-order valence-electron chi connectivity index (χ1n) is 7.61. The Bertz CT molecular complexity index is 900. The van der Waals surface area contributed by atoms with Crippen molar-refractivity contribution in [3.8, 4) is 17.0 Å². The number of aromatic nitrogens is 2. The molecule has 5 nitrogen and oxygen atoms in total. The summed E-state index contributed by atoms with van der Waals surface area (Å²) < 4.78 is 5.91. The normalized spacial score (nSPS) is 11.5. The Labute approximate surface area is 140 Å². The van der Waals surface area contributed by atoms with Crippen molar-refractivity contribution in [2.45, 2.75) is 26.4 Å². The van der Waals surface area contributed by atoms with Gasteiger partial charge in [0.05, 0.1) is 10.9 Å². The minimum absolute atomic E-state index is 0.176. The van der Waals surface area contributed by atoms with Crippen LogP contribution in [0.2, 0.25) is 0 Å². The van der Waals surface area contributed by atoms with Crippen LogP contribution < -0.4 is 4.74 Å². The molecule has 0 aliphatic heterocycles. The van der Waals surface area contributed by atoms with Crippen molar-refractivity contribution in [2.24, 2.45) is 0 Å². The second kappa shape index (κ2) is 5.92. The molecule has 0 fully saturated rings. The average Bonchev–Trinajstić information content (AvgIpc) is 2.54. The Morgan fingerprint density at radius 3 is 2.46 bits per heavy atom. The molecule has 0 saturated carbocycles. The van der Waals surface area contributed by atoms with Gasteiger partial charge in [-0.05, 0) is 49.9 Å². The topological polar surface area (TPSA) is 72.3 Å². The van der Waals surface area contributed by atoms with Gasteiger partial charge in [0.1, 0.15) is 5.60 Å². The number of pyridine rings is 2. The molecule has 2 heterocycles. The van der Waals surface area contributed by atoms with Crippen LogP contribution in [0.5, 0.6) is 5.88 Å². The fourth-order valence-electron chi connectivity index (χ4n) is 2.57. The van der Waals surface area contributed by atoms with Gasteiger partial charge in [0.2, 0.25) is 5.88 Å². The third-order valence-electron chi connectivity index (χ3n) is 3.50. The van der Waals surface area contributed by atoms with Gasteiger partial charge in [0, 0.05) is 24.2 Å². The predicted molar refractivity (Wildman–Crippen MR) is 92.3 cm³/mol. The van der Waals surface area contributed by atoms with Gasteiger partial charge in [-0.1, -0.05) is 12.1 Å². The standard InChI is InChI=1S/C19H18N2O3/c1-19(2,3)24-17-16-13(5-4-6-14(16)18(22)23)15(11-21-17)12-7-9-20-10-8-12/h4-11H,1-3H3,(H,22,23). The molecule has 0 aliphatic rings. The van der Waals surface area contributed by atoms with Gasteiger partial charge in [-0.3, -0.25) is 4.98 Å². The van der Waals surface area contributed by atoms with Gasteiger partial charge in [-0.2, -0.15) is 0 Å². The van der Waals surface area contributed by atoms with Gasteiger partial charge in [0.15, 0.2) is 0 Å². The smallest absolute Gasteiger partial charge is 0.336 e. The summed E-state index contributed by atoms with van der Waals surface area (Å²) in [7, 11) is 0. The highest BCUT2D eigenvalue weighted by Gasteiger charge is 2.21. The second-order valence-corrected chi connectivity index (χ2v) is 6.46. The van der Waals surface area contributed by atoms with Crippen LogP contribution in [0.25, 0.3) is 21.9 Å². The van der Waals surface area contributed by atoms with Gasteiger partial charge in [-0.15, -0.1) is 0 Å². The van der Waals surface area contributed by atoms with E-state index < -0.39 is 11.6 Å². The molecule has 3 rings (SSSR count). The van der Waals surface area contributed by atoms with E-state index in [9.17, 15) is 9.90 Å². The van der Waals surface area contributed by atoms with E-state index in [1.165, 1.54) is 0 Å². The first kappa shape index (κ1) is 15.9. The van der Waals surface area contributed by atoms with E-state index in [1.54, 1.807) is 30.7 Å². The maximum atomic E-state index is 11.7. The summed E-state index contributed by atoms with van der Waals surface area (Å²) in [5, 5.41) is 10.9. The minimum Gasteiger partial charge on any atom is -0.478 e. The summed E-state index contributed by atoms with van der Waals surface area (Å²) in [6.07, 6.45) is 5.11. The number of hydrogen-bond acceptors (Lipinski definition) is 4. The van der Waals surface area contributed by atoms with Crippen molar-refractivity contribution in [3.63, 3.8) is 0 Å². The number of nitrogens with zero attached hydrogens (tertiary/aromatic N) is 2. The Hall–Kier alpha value is -2.95. The molecule has 5 heteroatoms. The number of benzene rings is 1. The molecule has 122 valence electrons. The number of carboxylic acid groups (broad SMARTS) is 1. The van der Waals surface area contributed by atoms with E-state index in [-0.39, 0.29) is 5.56 Å². The van der Waals surface area contributed by atoms with Gasteiger partial charge in [0.25, 0.3) is 0 Å². The van der Waals surface area contributed by atoms with Gasteiger partial charge < -0.3 is 9.84 Å². The zero-order valence-electron chi connectivity index (χ0n) is 13.8. The zero-order valence-corrected chi connectivity index (χ0v) is 13.8. The quantitative estimate of drug-likeness (QED) is 0.783. The maximum Gasteiger partial charge on any atom is 0.336 e. The number of carboxylic acids is 1. The third kappa shape index (κ3) is 3.06. The van der Waals surface area contributed by atoms with E-state index in [4.69, 9.17) is 4.74 Å². The molecule has 3 aromatic rings. The molecule has 1 aromatic carbocycles. The molecule has 0 spiro atoms. The fraction of sp³-hybridized carbons (Fsp3) is 0.211. The Morgan fingerprint density at radius 1 is 1.12 bits per heavy atom. The summed E-state index contributed by atoms with van der Waals surface area (Å²) in [6, 6.07) is 8.92. The molecular formula is C19H18N2O3. The van der Waals surface area contributed by atoms with E-state index in [0.717, 1.165) is 16.5 Å². The maximum absolute atomic E-state index is 11.7. The molecule has 0 radical (unpaired) electrons. The number of rotatable bonds is 3. The minimum atomic E-state index is -1.01. The Kier molecular flexibility index (Phi) is 3.93. The van der Waals surface area contributed by atoms with Crippen molar-refractivity contribution in [2.75, 3.05) is 0 Å². The lowest BCUT2D eigenvalue weighted by Gasteiger charge is -2.22. The molecule has 1 N–H and O–H groups in total. The Morgan fingerprint density at radius 2 is 1.83 bits per heavy atom. The lowest BCUT2D eigenvalue weighted by atomic mass is 9.98. The van der Waals surface area contributed by atoms with Gasteiger partial charge >= 0.3 is 5.97 Å². The number of fused-ring (bicyclic) bond motifs is 1. The number of ether oxygens (including phenoxy) is 1. The van der Waals surface area contributed by atoms with Crippen LogP contribution in [-0.2, 0) is 0 Å². The van der Waals surface area contributed by atoms with E-state index >= 15 is 0 Å². The highest BCUT2D eigenvalue weighted by molar-refractivity contribution is 6.10. The van der Waals surface area contributed by atoms with Crippen LogP contribution in [0, 0.1) is 0 Å². The summed E-state index contributed by atoms with van der Waals surface area (Å²) in [6.45, 7) is 5.71. The average molecular weight is 322 g/mol. The number of carbonyl (C=O) groups is 1. The highest BCUT2D eigenvalue weighted by atomic mass is 16.5. The Balaban J connectivity index is 2.34. The van der Waals surface area contributed by atoms with Crippen molar-refractivity contribution in [1.29, 1.82) is 0 Å². The van der Waals surface area contributed by atoms with Crippen LogP contribution in [0.3, 0.4) is 0 Å². The lowest BCUT2D eigenvalue weighted by molar-refractivity contribution is 0.0697. The molecule has 0 unspecified atom stereocenters. The summed E-state index contributed by atoms with van der Waals surface area (Å²) >= 11 is 0. The largest absolute Gasteiger partial charge is 0.478 e. The van der Waals surface area contributed by atoms with E-state index in [1.807, 2.05) is 39.0 Å². The SMILES string of the molecule is CC(C)(C)Oc1ncc(-c2ccncc2)c2cccc(C(=O)O)c12. The number of hydrogen-bond donors (Lipinski definition) is 1. The molecule has 0 amide bonds. The van der Waals surface area contributed by atoms with Gasteiger partial charge in [-0.25, -0.2) is 9.78 Å². The molecule has 0 aliphatic carbocycles. The summed E-state index contributed by atoms with van der Waals surface area (Å²) in [5.74, 6) is -0.679. The highest BCUT2D eigenvalue weighted by Crippen LogP contribution is 2.36. The molecule has 0 bridgehead atoms. The van der Waals surface area contributed by atoms with Crippen LogP contribution in [0.4, 0.5) is 0 Å². The third-order valence-corrected chi connectivity index (χ3v) is 3.50. The van der Waals surface area contributed by atoms with Crippen molar-refractivity contribution < 1.29 is 14.6 Å². The van der Waals surface area contributed by atoms with Crippen molar-refractivity contribution in [1.82, 2.24) is 9.97 Å². The van der Waals surface area contributed by atoms with Crippen LogP contribution in [0.1, 0.15) is 31.1 Å². The monoisotopic (exact) mass is 322 g/mol. The molecule has 24 heavy (non-hydrogen) atoms. The molecule has 0 atom stereocenters. The number of aromatic carboxylic acids is 1. The predicted octanol–water partition coefficient (Wildman–Crippen LogP) is 4.17. The van der Waals surface area contributed by atoms with Crippen molar-refractivity contribution in [3.05, 3.63) is 54.5 Å². The second-order valence-electron chi connectivity index (χ2n) is 6.46. The molecular weight excluding hydrogens is 304 g/mol. The molecule has 2 aromatic heterocycles. The van der Waals surface area contributed by atoms with Crippen LogP contribution in [0.15, 0.2) is 48.9 Å². The fourth-order valence-corrected chi connectivity index (χ4v) is 2.57. The summed E-state index contributed by atoms with van der Waals surface area (Å²) in [4.78, 5) is 20.1. The van der Waals surface area contributed by atoms with Crippen LogP contribution >= 0.6 is 0 Å². The first-order valence-corrected chi connectivity index (χ1v) is 7.61. The van der Waals surface area contributed by atoms with Crippen LogP contribution in [-0.4, -0.2) is 26.6 Å². The first-order chi connectivity index (χ1) is 11.4. The molecule has 0 saturated heterocycles. The lowest BCUT2D eigenvalue weighted by Crippen LogP contribution is -2.24. The van der Waals surface area contributed by atoms with E-state index in [0.29, 0.717) is 11.3 Å². The zero-order chi connectivity index (χ0) is 17.3.